The lowest BCUT2D eigenvalue weighted by Gasteiger charge is -2.18. The number of benzene rings is 3. The molecule has 0 aromatic heterocycles. The zero-order chi connectivity index (χ0) is 18.2. The van der Waals surface area contributed by atoms with Crippen LogP contribution in [-0.4, -0.2) is 12.5 Å². The summed E-state index contributed by atoms with van der Waals surface area (Å²) in [5.41, 5.74) is 2.67. The summed E-state index contributed by atoms with van der Waals surface area (Å²) in [7, 11) is 0. The average Bonchev–Trinajstić information content (AvgIpc) is 2.68. The molecular weight excluding hydrogens is 322 g/mol. The van der Waals surface area contributed by atoms with Crippen molar-refractivity contribution in [3.05, 3.63) is 96.1 Å². The van der Waals surface area contributed by atoms with E-state index in [1.54, 1.807) is 0 Å². The van der Waals surface area contributed by atoms with Gasteiger partial charge < -0.3 is 10.1 Å². The molecule has 3 nitrogen and oxygen atoms in total. The van der Waals surface area contributed by atoms with Gasteiger partial charge in [0, 0.05) is 11.8 Å². The van der Waals surface area contributed by atoms with Gasteiger partial charge in [-0.1, -0.05) is 73.7 Å². The highest BCUT2D eigenvalue weighted by molar-refractivity contribution is 5.98. The van der Waals surface area contributed by atoms with Crippen molar-refractivity contribution in [3.8, 4) is 5.75 Å². The molecule has 1 amide bonds. The van der Waals surface area contributed by atoms with E-state index >= 15 is 0 Å². The van der Waals surface area contributed by atoms with Gasteiger partial charge in [0.15, 0.2) is 0 Å². The zero-order valence-corrected chi connectivity index (χ0v) is 14.9. The first-order valence-electron chi connectivity index (χ1n) is 8.91. The van der Waals surface area contributed by atoms with Crippen LogP contribution in [0, 0.1) is 0 Å². The minimum Gasteiger partial charge on any atom is -0.494 e. The van der Waals surface area contributed by atoms with Gasteiger partial charge in [0.1, 0.15) is 5.75 Å². The Kier molecular flexibility index (Phi) is 6.05. The number of carbonyl (C=O) groups is 1. The van der Waals surface area contributed by atoms with Gasteiger partial charge in [-0.25, -0.2) is 0 Å². The molecule has 26 heavy (non-hydrogen) atoms. The van der Waals surface area contributed by atoms with Crippen molar-refractivity contribution in [2.24, 2.45) is 0 Å². The number of rotatable bonds is 7. The maximum atomic E-state index is 13.1. The summed E-state index contributed by atoms with van der Waals surface area (Å²) in [5, 5.41) is 3.04. The van der Waals surface area contributed by atoms with Crippen molar-refractivity contribution in [2.45, 2.75) is 19.3 Å². The van der Waals surface area contributed by atoms with Crippen molar-refractivity contribution in [3.63, 3.8) is 0 Å². The molecule has 1 N–H and O–H groups in total. The monoisotopic (exact) mass is 345 g/mol. The first-order chi connectivity index (χ1) is 12.8. The fourth-order valence-electron chi connectivity index (χ4n) is 2.88. The SMILES string of the molecule is CCCOc1cccc(NC(=O)C(c2ccccc2)c2ccccc2)c1. The van der Waals surface area contributed by atoms with Crippen LogP contribution in [0.2, 0.25) is 0 Å². The van der Waals surface area contributed by atoms with Crippen LogP contribution in [0.15, 0.2) is 84.9 Å². The predicted octanol–water partition coefficient (Wildman–Crippen LogP) is 5.25. The van der Waals surface area contributed by atoms with E-state index in [1.165, 1.54) is 0 Å². The highest BCUT2D eigenvalue weighted by Gasteiger charge is 2.22. The molecular formula is C23H23NO2. The minimum absolute atomic E-state index is 0.0601. The molecule has 0 aliphatic carbocycles. The largest absolute Gasteiger partial charge is 0.494 e. The lowest BCUT2D eigenvalue weighted by Crippen LogP contribution is -2.22. The number of amides is 1. The predicted molar refractivity (Wildman–Crippen MR) is 106 cm³/mol. The van der Waals surface area contributed by atoms with Crippen molar-refractivity contribution in [1.82, 2.24) is 0 Å². The topological polar surface area (TPSA) is 38.3 Å². The van der Waals surface area contributed by atoms with Gasteiger partial charge in [-0.15, -0.1) is 0 Å². The van der Waals surface area contributed by atoms with Crippen molar-refractivity contribution in [1.29, 1.82) is 0 Å². The molecule has 3 heteroatoms. The Bertz CT molecular complexity index is 792. The van der Waals surface area contributed by atoms with Crippen LogP contribution in [0.1, 0.15) is 30.4 Å². The van der Waals surface area contributed by atoms with E-state index in [0.717, 1.165) is 29.0 Å². The second kappa shape index (κ2) is 8.86. The average molecular weight is 345 g/mol. The van der Waals surface area contributed by atoms with E-state index in [-0.39, 0.29) is 11.8 Å². The number of hydrogen-bond donors (Lipinski definition) is 1. The molecule has 0 radical (unpaired) electrons. The third-order valence-electron chi connectivity index (χ3n) is 4.10. The van der Waals surface area contributed by atoms with E-state index in [4.69, 9.17) is 4.74 Å². The molecule has 0 aliphatic heterocycles. The second-order valence-corrected chi connectivity index (χ2v) is 6.12. The van der Waals surface area contributed by atoms with Gasteiger partial charge in [-0.3, -0.25) is 4.79 Å². The van der Waals surface area contributed by atoms with Gasteiger partial charge in [0.05, 0.1) is 12.5 Å². The second-order valence-electron chi connectivity index (χ2n) is 6.12. The maximum Gasteiger partial charge on any atom is 0.236 e. The molecule has 3 aromatic carbocycles. The number of hydrogen-bond acceptors (Lipinski definition) is 2. The van der Waals surface area contributed by atoms with E-state index in [1.807, 2.05) is 84.9 Å². The van der Waals surface area contributed by atoms with Crippen LogP contribution in [0.25, 0.3) is 0 Å². The van der Waals surface area contributed by atoms with E-state index in [0.29, 0.717) is 6.61 Å². The lowest BCUT2D eigenvalue weighted by molar-refractivity contribution is -0.116. The third kappa shape index (κ3) is 4.51. The van der Waals surface area contributed by atoms with Gasteiger partial charge in [0.2, 0.25) is 5.91 Å². The molecule has 3 aromatic rings. The van der Waals surface area contributed by atoms with Crippen molar-refractivity contribution in [2.75, 3.05) is 11.9 Å². The Morgan fingerprint density at radius 3 is 2.08 bits per heavy atom. The normalized spacial score (nSPS) is 10.5. The number of ether oxygens (including phenoxy) is 1. The standard InChI is InChI=1S/C23H23NO2/c1-2-16-26-21-15-9-14-20(17-21)24-23(25)22(18-10-5-3-6-11-18)19-12-7-4-8-13-19/h3-15,17,22H,2,16H2,1H3,(H,24,25). The fraction of sp³-hybridized carbons (Fsp3) is 0.174. The molecule has 0 fully saturated rings. The molecule has 0 spiro atoms. The highest BCUT2D eigenvalue weighted by atomic mass is 16.5. The van der Waals surface area contributed by atoms with E-state index < -0.39 is 0 Å². The Hall–Kier alpha value is -3.07. The quantitative estimate of drug-likeness (QED) is 0.635. The summed E-state index contributed by atoms with van der Waals surface area (Å²) in [4.78, 5) is 13.1. The molecule has 0 atom stereocenters. The molecule has 0 unspecified atom stereocenters. The summed E-state index contributed by atoms with van der Waals surface area (Å²) < 4.78 is 5.66. The molecule has 132 valence electrons. The summed E-state index contributed by atoms with van der Waals surface area (Å²) in [6, 6.07) is 27.2. The number of anilines is 1. The van der Waals surface area contributed by atoms with Crippen LogP contribution in [0.4, 0.5) is 5.69 Å². The lowest BCUT2D eigenvalue weighted by atomic mass is 9.90. The highest BCUT2D eigenvalue weighted by Crippen LogP contribution is 2.27. The summed E-state index contributed by atoms with van der Waals surface area (Å²) in [6.45, 7) is 2.73. The number of carbonyl (C=O) groups excluding carboxylic acids is 1. The molecule has 0 saturated carbocycles. The molecule has 3 rings (SSSR count). The van der Waals surface area contributed by atoms with Gasteiger partial charge in [0.25, 0.3) is 0 Å². The zero-order valence-electron chi connectivity index (χ0n) is 14.9. The minimum atomic E-state index is -0.363. The summed E-state index contributed by atoms with van der Waals surface area (Å²) in [5.74, 6) is 0.341. The third-order valence-corrected chi connectivity index (χ3v) is 4.10. The Labute approximate surface area is 154 Å². The molecule has 0 bridgehead atoms. The van der Waals surface area contributed by atoms with Crippen LogP contribution >= 0.6 is 0 Å². The maximum absolute atomic E-state index is 13.1. The molecule has 0 aliphatic rings. The summed E-state index contributed by atoms with van der Waals surface area (Å²) in [6.07, 6.45) is 0.945. The van der Waals surface area contributed by atoms with Crippen molar-refractivity contribution >= 4 is 11.6 Å². The first kappa shape index (κ1) is 17.7. The van der Waals surface area contributed by atoms with Gasteiger partial charge in [-0.2, -0.15) is 0 Å². The Morgan fingerprint density at radius 2 is 1.50 bits per heavy atom. The smallest absolute Gasteiger partial charge is 0.236 e. The van der Waals surface area contributed by atoms with Crippen molar-refractivity contribution < 1.29 is 9.53 Å². The number of nitrogens with one attached hydrogen (secondary N) is 1. The van der Waals surface area contributed by atoms with Crippen LogP contribution in [-0.2, 0) is 4.79 Å². The van der Waals surface area contributed by atoms with E-state index in [2.05, 4.69) is 12.2 Å². The Balaban J connectivity index is 1.85. The van der Waals surface area contributed by atoms with Crippen LogP contribution in [0.5, 0.6) is 5.75 Å². The Morgan fingerprint density at radius 1 is 0.885 bits per heavy atom. The first-order valence-corrected chi connectivity index (χ1v) is 8.91. The molecule has 0 heterocycles. The summed E-state index contributed by atoms with van der Waals surface area (Å²) >= 11 is 0. The van der Waals surface area contributed by atoms with Crippen LogP contribution < -0.4 is 10.1 Å². The van der Waals surface area contributed by atoms with Gasteiger partial charge in [-0.05, 0) is 29.7 Å². The van der Waals surface area contributed by atoms with Crippen LogP contribution in [0.3, 0.4) is 0 Å². The fourth-order valence-corrected chi connectivity index (χ4v) is 2.88. The van der Waals surface area contributed by atoms with E-state index in [9.17, 15) is 4.79 Å². The molecule has 0 saturated heterocycles. The van der Waals surface area contributed by atoms with Gasteiger partial charge >= 0.3 is 0 Å².